The van der Waals surface area contributed by atoms with E-state index in [-0.39, 0.29) is 6.04 Å². The SMILES string of the molecule is NC(CC1CCCCC1)c1ncc(-c2cccc(C(F)(F)F)c2)[nH]1. The van der Waals surface area contributed by atoms with Gasteiger partial charge in [0.25, 0.3) is 0 Å². The van der Waals surface area contributed by atoms with E-state index in [1.807, 2.05) is 0 Å². The van der Waals surface area contributed by atoms with Crippen LogP contribution < -0.4 is 5.73 Å². The molecule has 130 valence electrons. The Morgan fingerprint density at radius 2 is 1.96 bits per heavy atom. The summed E-state index contributed by atoms with van der Waals surface area (Å²) in [5.74, 6) is 1.27. The third-order valence-corrected chi connectivity index (χ3v) is 4.76. The van der Waals surface area contributed by atoms with E-state index in [2.05, 4.69) is 9.97 Å². The van der Waals surface area contributed by atoms with Gasteiger partial charge in [0.1, 0.15) is 5.82 Å². The second-order valence-corrected chi connectivity index (χ2v) is 6.61. The molecule has 6 heteroatoms. The van der Waals surface area contributed by atoms with E-state index in [1.165, 1.54) is 38.2 Å². The number of nitrogens with zero attached hydrogens (tertiary/aromatic N) is 1. The summed E-state index contributed by atoms with van der Waals surface area (Å²) in [4.78, 5) is 7.38. The van der Waals surface area contributed by atoms with Crippen molar-refractivity contribution in [1.29, 1.82) is 0 Å². The maximum absolute atomic E-state index is 12.8. The lowest BCUT2D eigenvalue weighted by molar-refractivity contribution is -0.137. The van der Waals surface area contributed by atoms with Gasteiger partial charge in [-0.1, -0.05) is 44.2 Å². The zero-order valence-corrected chi connectivity index (χ0v) is 13.4. The first-order valence-electron chi connectivity index (χ1n) is 8.41. The van der Waals surface area contributed by atoms with E-state index in [1.54, 1.807) is 12.3 Å². The van der Waals surface area contributed by atoms with Crippen LogP contribution in [0, 0.1) is 5.92 Å². The molecular formula is C18H22F3N3. The van der Waals surface area contributed by atoms with Crippen LogP contribution in [0.2, 0.25) is 0 Å². The molecule has 3 N–H and O–H groups in total. The highest BCUT2D eigenvalue weighted by Gasteiger charge is 2.30. The van der Waals surface area contributed by atoms with Crippen molar-refractivity contribution in [3.05, 3.63) is 41.9 Å². The third-order valence-electron chi connectivity index (χ3n) is 4.76. The fraction of sp³-hybridized carbons (Fsp3) is 0.500. The van der Waals surface area contributed by atoms with Crippen LogP contribution in [-0.2, 0) is 6.18 Å². The van der Waals surface area contributed by atoms with Gasteiger partial charge in [0.15, 0.2) is 0 Å². The van der Waals surface area contributed by atoms with Crippen LogP contribution in [0.25, 0.3) is 11.3 Å². The highest BCUT2D eigenvalue weighted by molar-refractivity contribution is 5.59. The Kier molecular flexibility index (Phi) is 4.94. The van der Waals surface area contributed by atoms with Gasteiger partial charge in [-0.15, -0.1) is 0 Å². The lowest BCUT2D eigenvalue weighted by atomic mass is 9.85. The molecule has 2 aromatic rings. The second kappa shape index (κ2) is 6.97. The molecule has 0 aliphatic heterocycles. The molecule has 3 rings (SSSR count). The van der Waals surface area contributed by atoms with E-state index >= 15 is 0 Å². The second-order valence-electron chi connectivity index (χ2n) is 6.61. The van der Waals surface area contributed by atoms with E-state index in [9.17, 15) is 13.2 Å². The summed E-state index contributed by atoms with van der Waals surface area (Å²) in [6, 6.07) is 5.03. The summed E-state index contributed by atoms with van der Waals surface area (Å²) in [6.07, 6.45) is 4.30. The first kappa shape index (κ1) is 17.0. The Bertz CT molecular complexity index is 672. The lowest BCUT2D eigenvalue weighted by Gasteiger charge is -2.23. The molecule has 0 saturated heterocycles. The Morgan fingerprint density at radius 1 is 1.21 bits per heavy atom. The summed E-state index contributed by atoms with van der Waals surface area (Å²) < 4.78 is 38.5. The summed E-state index contributed by atoms with van der Waals surface area (Å²) in [5.41, 5.74) is 6.61. The highest BCUT2D eigenvalue weighted by atomic mass is 19.4. The molecule has 1 unspecified atom stereocenters. The van der Waals surface area contributed by atoms with Gasteiger partial charge in [0.05, 0.1) is 23.5 Å². The van der Waals surface area contributed by atoms with Crippen molar-refractivity contribution in [3.8, 4) is 11.3 Å². The molecule has 0 radical (unpaired) electrons. The van der Waals surface area contributed by atoms with Crippen molar-refractivity contribution < 1.29 is 13.2 Å². The lowest BCUT2D eigenvalue weighted by Crippen LogP contribution is -2.18. The molecule has 24 heavy (non-hydrogen) atoms. The number of benzene rings is 1. The Morgan fingerprint density at radius 3 is 2.67 bits per heavy atom. The average Bonchev–Trinajstić information content (AvgIpc) is 3.05. The van der Waals surface area contributed by atoms with Gasteiger partial charge in [-0.3, -0.25) is 0 Å². The summed E-state index contributed by atoms with van der Waals surface area (Å²) in [5, 5.41) is 0. The minimum absolute atomic E-state index is 0.201. The standard InChI is InChI=1S/C18H22F3N3/c19-18(20,21)14-8-4-7-13(10-14)16-11-23-17(24-16)15(22)9-12-5-2-1-3-6-12/h4,7-8,10-12,15H,1-3,5-6,9,22H2,(H,23,24). The zero-order valence-electron chi connectivity index (χ0n) is 13.4. The minimum atomic E-state index is -4.35. The molecule has 1 aromatic carbocycles. The molecule has 1 saturated carbocycles. The normalized spacial score (nSPS) is 17.8. The number of rotatable bonds is 4. The number of aromatic nitrogens is 2. The van der Waals surface area contributed by atoms with E-state index < -0.39 is 11.7 Å². The molecule has 3 nitrogen and oxygen atoms in total. The maximum Gasteiger partial charge on any atom is 0.416 e. The van der Waals surface area contributed by atoms with Gasteiger partial charge in [0, 0.05) is 5.56 Å². The van der Waals surface area contributed by atoms with Crippen molar-refractivity contribution in [1.82, 2.24) is 9.97 Å². The van der Waals surface area contributed by atoms with Crippen LogP contribution in [0.3, 0.4) is 0 Å². The predicted molar refractivity (Wildman–Crippen MR) is 87.1 cm³/mol. The molecule has 1 aliphatic rings. The topological polar surface area (TPSA) is 54.7 Å². The molecule has 1 aromatic heterocycles. The maximum atomic E-state index is 12.8. The smallest absolute Gasteiger partial charge is 0.341 e. The van der Waals surface area contributed by atoms with Gasteiger partial charge >= 0.3 is 6.18 Å². The van der Waals surface area contributed by atoms with E-state index in [0.717, 1.165) is 18.6 Å². The fourth-order valence-electron chi connectivity index (χ4n) is 3.43. The summed E-state index contributed by atoms with van der Waals surface area (Å²) in [7, 11) is 0. The molecule has 1 heterocycles. The molecule has 0 spiro atoms. The number of halogens is 3. The molecule has 0 amide bonds. The van der Waals surface area contributed by atoms with Crippen LogP contribution >= 0.6 is 0 Å². The van der Waals surface area contributed by atoms with Crippen LogP contribution in [0.15, 0.2) is 30.5 Å². The Balaban J connectivity index is 1.73. The van der Waals surface area contributed by atoms with Gasteiger partial charge in [0.2, 0.25) is 0 Å². The summed E-state index contributed by atoms with van der Waals surface area (Å²) in [6.45, 7) is 0. The number of alkyl halides is 3. The first-order valence-corrected chi connectivity index (χ1v) is 8.41. The summed E-state index contributed by atoms with van der Waals surface area (Å²) >= 11 is 0. The van der Waals surface area contributed by atoms with E-state index in [4.69, 9.17) is 5.73 Å². The van der Waals surface area contributed by atoms with Crippen molar-refractivity contribution in [2.24, 2.45) is 11.7 Å². The van der Waals surface area contributed by atoms with E-state index in [0.29, 0.717) is 23.0 Å². The van der Waals surface area contributed by atoms with Gasteiger partial charge in [-0.05, 0) is 24.5 Å². The number of aromatic amines is 1. The molecule has 0 bridgehead atoms. The third kappa shape index (κ3) is 3.98. The largest absolute Gasteiger partial charge is 0.416 e. The van der Waals surface area contributed by atoms with Crippen molar-refractivity contribution in [2.75, 3.05) is 0 Å². The highest BCUT2D eigenvalue weighted by Crippen LogP contribution is 2.33. The van der Waals surface area contributed by atoms with Crippen LogP contribution in [0.1, 0.15) is 56.0 Å². The molecular weight excluding hydrogens is 315 g/mol. The van der Waals surface area contributed by atoms with Crippen LogP contribution in [0.5, 0.6) is 0 Å². The monoisotopic (exact) mass is 337 g/mol. The van der Waals surface area contributed by atoms with Crippen LogP contribution in [0.4, 0.5) is 13.2 Å². The quantitative estimate of drug-likeness (QED) is 0.819. The number of hydrogen-bond donors (Lipinski definition) is 2. The number of nitrogens with two attached hydrogens (primary N) is 1. The Hall–Kier alpha value is -1.82. The first-order chi connectivity index (χ1) is 11.4. The Labute approximate surface area is 139 Å². The number of hydrogen-bond acceptors (Lipinski definition) is 2. The fourth-order valence-corrected chi connectivity index (χ4v) is 3.43. The molecule has 1 fully saturated rings. The predicted octanol–water partition coefficient (Wildman–Crippen LogP) is 5.07. The van der Waals surface area contributed by atoms with Crippen molar-refractivity contribution in [2.45, 2.75) is 50.7 Å². The van der Waals surface area contributed by atoms with Crippen molar-refractivity contribution in [3.63, 3.8) is 0 Å². The number of imidazole rings is 1. The van der Waals surface area contributed by atoms with Gasteiger partial charge in [-0.2, -0.15) is 13.2 Å². The van der Waals surface area contributed by atoms with Gasteiger partial charge < -0.3 is 10.7 Å². The zero-order chi connectivity index (χ0) is 17.2. The number of H-pyrrole nitrogens is 1. The molecule has 1 aliphatic carbocycles. The van der Waals surface area contributed by atoms with Crippen LogP contribution in [-0.4, -0.2) is 9.97 Å². The average molecular weight is 337 g/mol. The van der Waals surface area contributed by atoms with Crippen molar-refractivity contribution >= 4 is 0 Å². The minimum Gasteiger partial charge on any atom is -0.341 e. The van der Waals surface area contributed by atoms with Gasteiger partial charge in [-0.25, -0.2) is 4.98 Å². The molecule has 1 atom stereocenters. The number of nitrogens with one attached hydrogen (secondary N) is 1.